The highest BCUT2D eigenvalue weighted by Crippen LogP contribution is 2.45. The first-order valence-corrected chi connectivity index (χ1v) is 42.1. The lowest BCUT2D eigenvalue weighted by Gasteiger charge is -2.21. The number of aliphatic hydroxyl groups is 1. The van der Waals surface area contributed by atoms with Crippen molar-refractivity contribution in [1.82, 2.24) is 0 Å². The second-order valence-electron chi connectivity index (χ2n) is 25.9. The maximum absolute atomic E-state index is 13.1. The van der Waals surface area contributed by atoms with Crippen LogP contribution in [0.2, 0.25) is 0 Å². The smallest absolute Gasteiger partial charge is 0.462 e. The topological polar surface area (TPSA) is 237 Å². The summed E-state index contributed by atoms with van der Waals surface area (Å²) in [5.41, 5.74) is 0. The van der Waals surface area contributed by atoms with Crippen molar-refractivity contribution in [1.29, 1.82) is 0 Å². The number of ether oxygens (including phenoxy) is 4. The molecule has 0 aliphatic carbocycles. The lowest BCUT2D eigenvalue weighted by molar-refractivity contribution is -0.161. The molecule has 0 amide bonds. The van der Waals surface area contributed by atoms with Crippen molar-refractivity contribution in [3.8, 4) is 0 Å². The van der Waals surface area contributed by atoms with E-state index in [0.717, 1.165) is 173 Å². The van der Waals surface area contributed by atoms with Crippen LogP contribution in [0.5, 0.6) is 0 Å². The van der Waals surface area contributed by atoms with E-state index in [1.54, 1.807) is 0 Å². The minimum atomic E-state index is -4.99. The molecule has 5 unspecified atom stereocenters. The zero-order valence-corrected chi connectivity index (χ0v) is 64.6. The van der Waals surface area contributed by atoms with Crippen molar-refractivity contribution in [2.75, 3.05) is 39.6 Å². The van der Waals surface area contributed by atoms with Gasteiger partial charge in [0.2, 0.25) is 0 Å². The maximum atomic E-state index is 13.1. The van der Waals surface area contributed by atoms with Crippen molar-refractivity contribution in [2.24, 2.45) is 0 Å². The normalized spacial score (nSPS) is 14.5. The number of carbonyl (C=O) groups excluding carboxylic acids is 4. The molecule has 0 aromatic heterocycles. The van der Waals surface area contributed by atoms with Crippen LogP contribution < -0.4 is 0 Å². The molecule has 0 aliphatic heterocycles. The van der Waals surface area contributed by atoms with Crippen LogP contribution >= 0.6 is 15.6 Å². The van der Waals surface area contributed by atoms with Crippen LogP contribution in [0.4, 0.5) is 0 Å². The number of allylic oxidation sites excluding steroid dienone is 18. The molecule has 19 heteroatoms. The summed E-state index contributed by atoms with van der Waals surface area (Å²) < 4.78 is 68.5. The fourth-order valence-electron chi connectivity index (χ4n) is 10.3. The molecule has 0 aromatic carbocycles. The summed E-state index contributed by atoms with van der Waals surface area (Å²) in [7, 11) is -9.97. The zero-order valence-electron chi connectivity index (χ0n) is 62.8. The highest BCUT2D eigenvalue weighted by molar-refractivity contribution is 7.47. The molecule has 0 bridgehead atoms. The number of phosphoric acid groups is 2. The van der Waals surface area contributed by atoms with Gasteiger partial charge in [0.1, 0.15) is 19.3 Å². The second-order valence-corrected chi connectivity index (χ2v) is 28.8. The van der Waals surface area contributed by atoms with Gasteiger partial charge in [-0.25, -0.2) is 9.13 Å². The van der Waals surface area contributed by atoms with E-state index in [1.165, 1.54) is 70.6 Å². The molecule has 0 aliphatic rings. The number of phosphoric ester groups is 2. The van der Waals surface area contributed by atoms with Crippen LogP contribution in [-0.2, 0) is 65.4 Å². The Morgan fingerprint density at radius 1 is 0.290 bits per heavy atom. The Balaban J connectivity index is 5.38. The lowest BCUT2D eigenvalue weighted by atomic mass is 10.0. The standard InChI is InChI=1S/C81H140O17P2/c1-5-9-13-17-21-25-29-33-36-37-40-43-46-50-54-58-62-66-79(84)92-71-76(97-80(85)67-63-59-55-51-47-41-32-28-24-20-16-12-8-4)73-95-99(87,88)93-69-75(82)70-94-100(89,90)96-74-77(98-81(86)68-64-60-56-52-48-44-39-35-31-27-23-19-15-11-7-3)72-91-78(83)65-61-57-53-49-45-42-38-34-30-26-22-18-14-10-6-2/h9-10,13-14,21-23,25-27,33-36,38-39,45,49,75-77,82H,5-8,11-12,15-20,24,28-32,37,40-44,46-48,50-74H2,1-4H3,(H,87,88)(H,89,90)/b13-9-,14-10-,25-21-,26-22-,27-23-,36-33-,38-34-,39-35-,49-45-. The Kier molecular flexibility index (Phi) is 69.9. The number of aliphatic hydroxyl groups excluding tert-OH is 1. The first-order valence-electron chi connectivity index (χ1n) is 39.1. The van der Waals surface area contributed by atoms with Gasteiger partial charge < -0.3 is 33.8 Å². The summed E-state index contributed by atoms with van der Waals surface area (Å²) >= 11 is 0. The second kappa shape index (κ2) is 73.0. The Morgan fingerprint density at radius 3 is 0.840 bits per heavy atom. The average molecular weight is 1450 g/mol. The van der Waals surface area contributed by atoms with Crippen LogP contribution in [0.15, 0.2) is 109 Å². The monoisotopic (exact) mass is 1450 g/mol. The van der Waals surface area contributed by atoms with Crippen LogP contribution in [0.3, 0.4) is 0 Å². The number of esters is 4. The minimum Gasteiger partial charge on any atom is -0.462 e. The van der Waals surface area contributed by atoms with E-state index in [1.807, 2.05) is 0 Å². The molecule has 0 spiro atoms. The summed E-state index contributed by atoms with van der Waals surface area (Å²) in [6, 6.07) is 0. The summed E-state index contributed by atoms with van der Waals surface area (Å²) in [5, 5.41) is 10.6. The quantitative estimate of drug-likeness (QED) is 0.0169. The van der Waals surface area contributed by atoms with E-state index >= 15 is 0 Å². The number of carbonyl (C=O) groups is 4. The average Bonchev–Trinajstić information content (AvgIpc) is 0.988. The van der Waals surface area contributed by atoms with Gasteiger partial charge in [0.05, 0.1) is 26.4 Å². The number of unbranched alkanes of at least 4 members (excludes halogenated alkanes) is 29. The Labute approximate surface area is 607 Å². The third-order valence-corrected chi connectivity index (χ3v) is 18.1. The van der Waals surface area contributed by atoms with Gasteiger partial charge in [0.25, 0.3) is 0 Å². The molecular weight excluding hydrogens is 1310 g/mol. The van der Waals surface area contributed by atoms with Crippen LogP contribution in [0.1, 0.15) is 323 Å². The molecule has 0 saturated heterocycles. The summed E-state index contributed by atoms with van der Waals surface area (Å²) in [5.74, 6) is -2.24. The molecule has 100 heavy (non-hydrogen) atoms. The Hall–Kier alpha value is -4.28. The molecule has 5 atom stereocenters. The zero-order chi connectivity index (χ0) is 73.2. The molecule has 0 saturated carbocycles. The Morgan fingerprint density at radius 2 is 0.520 bits per heavy atom. The third kappa shape index (κ3) is 72.1. The van der Waals surface area contributed by atoms with Gasteiger partial charge >= 0.3 is 39.5 Å². The molecule has 0 rings (SSSR count). The van der Waals surface area contributed by atoms with Crippen molar-refractivity contribution in [3.63, 3.8) is 0 Å². The molecule has 0 fully saturated rings. The first-order chi connectivity index (χ1) is 48.7. The van der Waals surface area contributed by atoms with E-state index < -0.39 is 97.5 Å². The van der Waals surface area contributed by atoms with Crippen LogP contribution in [-0.4, -0.2) is 96.7 Å². The lowest BCUT2D eigenvalue weighted by Crippen LogP contribution is -2.30. The fraction of sp³-hybridized carbons (Fsp3) is 0.728. The fourth-order valence-corrected chi connectivity index (χ4v) is 11.9. The van der Waals surface area contributed by atoms with E-state index in [4.69, 9.17) is 37.0 Å². The van der Waals surface area contributed by atoms with Crippen molar-refractivity contribution >= 4 is 39.5 Å². The Bertz CT molecular complexity index is 2320. The van der Waals surface area contributed by atoms with Gasteiger partial charge in [-0.15, -0.1) is 0 Å². The summed E-state index contributed by atoms with van der Waals surface area (Å²) in [6.45, 7) is 4.58. The molecule has 576 valence electrons. The molecule has 0 heterocycles. The third-order valence-electron chi connectivity index (χ3n) is 16.2. The summed E-state index contributed by atoms with van der Waals surface area (Å²) in [4.78, 5) is 72.9. The predicted octanol–water partition coefficient (Wildman–Crippen LogP) is 22.6. The number of hydrogen-bond donors (Lipinski definition) is 3. The largest absolute Gasteiger partial charge is 0.472 e. The SMILES string of the molecule is CC/C=C\C/C=C\C/C=C\C/C=C\CCCCC(=O)OCC(COP(=O)(O)OCC(O)COP(=O)(O)OCC(COC(=O)CCCCCCCCC/C=C\C/C=C\C/C=C\CC)OC(=O)CCCCCCCCCCCCCCC)OC(=O)CCCCCCC/C=C\C/C=C\CCCCC. The first kappa shape index (κ1) is 95.7. The predicted molar refractivity (Wildman–Crippen MR) is 408 cm³/mol. The van der Waals surface area contributed by atoms with Gasteiger partial charge in [-0.05, 0) is 128 Å². The molecular formula is C81H140O17P2. The number of rotatable bonds is 73. The molecule has 3 N–H and O–H groups in total. The van der Waals surface area contributed by atoms with E-state index in [9.17, 15) is 43.2 Å². The van der Waals surface area contributed by atoms with Gasteiger partial charge in [-0.2, -0.15) is 0 Å². The van der Waals surface area contributed by atoms with Gasteiger partial charge in [-0.3, -0.25) is 37.3 Å². The number of hydrogen-bond acceptors (Lipinski definition) is 15. The maximum Gasteiger partial charge on any atom is 0.472 e. The van der Waals surface area contributed by atoms with E-state index in [0.29, 0.717) is 25.7 Å². The van der Waals surface area contributed by atoms with Crippen molar-refractivity contribution < 1.29 is 80.2 Å². The van der Waals surface area contributed by atoms with Crippen LogP contribution in [0.25, 0.3) is 0 Å². The van der Waals surface area contributed by atoms with Crippen molar-refractivity contribution in [2.45, 2.75) is 341 Å². The van der Waals surface area contributed by atoms with Gasteiger partial charge in [-0.1, -0.05) is 278 Å². The molecule has 17 nitrogen and oxygen atoms in total. The highest BCUT2D eigenvalue weighted by atomic mass is 31.2. The van der Waals surface area contributed by atoms with Crippen LogP contribution in [0, 0.1) is 0 Å². The minimum absolute atomic E-state index is 0.0691. The van der Waals surface area contributed by atoms with Gasteiger partial charge in [0.15, 0.2) is 12.2 Å². The van der Waals surface area contributed by atoms with E-state index in [-0.39, 0.29) is 25.7 Å². The molecule has 0 radical (unpaired) electrons. The summed E-state index contributed by atoms with van der Waals surface area (Å²) in [6.07, 6.45) is 77.9. The van der Waals surface area contributed by atoms with E-state index in [2.05, 4.69) is 137 Å². The molecule has 0 aromatic rings. The van der Waals surface area contributed by atoms with Gasteiger partial charge in [0, 0.05) is 25.7 Å². The highest BCUT2D eigenvalue weighted by Gasteiger charge is 2.30. The van der Waals surface area contributed by atoms with Crippen molar-refractivity contribution in [3.05, 3.63) is 109 Å².